The second kappa shape index (κ2) is 6.90. The van der Waals surface area contributed by atoms with Gasteiger partial charge in [0, 0.05) is 14.6 Å². The van der Waals surface area contributed by atoms with Crippen molar-refractivity contribution in [1.82, 2.24) is 0 Å². The fourth-order valence-corrected chi connectivity index (χ4v) is 3.04. The van der Waals surface area contributed by atoms with Gasteiger partial charge in [0.1, 0.15) is 0 Å². The predicted molar refractivity (Wildman–Crippen MR) is 90.1 cm³/mol. The predicted octanol–water partition coefficient (Wildman–Crippen LogP) is 4.57. The molecule has 0 aliphatic rings. The first-order valence-corrected chi connectivity index (χ1v) is 7.69. The minimum Gasteiger partial charge on any atom is -0.374 e. The smallest absolute Gasteiger partial charge is 0.243 e. The Balaban J connectivity index is 1.96. The molecule has 0 aliphatic carbocycles. The molecule has 2 aromatic rings. The van der Waals surface area contributed by atoms with E-state index >= 15 is 0 Å². The lowest BCUT2D eigenvalue weighted by atomic mass is 10.2. The first-order chi connectivity index (χ1) is 9.56. The molecule has 0 fully saturated rings. The van der Waals surface area contributed by atoms with Crippen molar-refractivity contribution >= 4 is 49.1 Å². The SMILES string of the molecule is Cc1cccc(NC(=O)CNc2c(Br)cccc2Br)c1. The van der Waals surface area contributed by atoms with Gasteiger partial charge in [-0.3, -0.25) is 4.79 Å². The van der Waals surface area contributed by atoms with Crippen LogP contribution in [0.2, 0.25) is 0 Å². The Morgan fingerprint density at radius 1 is 1.10 bits per heavy atom. The molecule has 1 amide bonds. The summed E-state index contributed by atoms with van der Waals surface area (Å²) in [5.74, 6) is -0.0850. The van der Waals surface area contributed by atoms with Crippen molar-refractivity contribution in [1.29, 1.82) is 0 Å². The van der Waals surface area contributed by atoms with Gasteiger partial charge in [-0.1, -0.05) is 18.2 Å². The van der Waals surface area contributed by atoms with Crippen LogP contribution >= 0.6 is 31.9 Å². The zero-order valence-electron chi connectivity index (χ0n) is 10.9. The maximum atomic E-state index is 11.9. The summed E-state index contributed by atoms with van der Waals surface area (Å²) in [4.78, 5) is 11.9. The first-order valence-electron chi connectivity index (χ1n) is 6.10. The van der Waals surface area contributed by atoms with E-state index in [0.29, 0.717) is 0 Å². The van der Waals surface area contributed by atoms with Crippen LogP contribution in [-0.2, 0) is 4.79 Å². The molecule has 2 aromatic carbocycles. The highest BCUT2D eigenvalue weighted by molar-refractivity contribution is 9.11. The standard InChI is InChI=1S/C15H14Br2N2O/c1-10-4-2-5-11(8-10)19-14(20)9-18-15-12(16)6-3-7-13(15)17/h2-8,18H,9H2,1H3,(H,19,20). The quantitative estimate of drug-likeness (QED) is 0.793. The molecule has 5 heteroatoms. The minimum atomic E-state index is -0.0850. The number of hydrogen-bond donors (Lipinski definition) is 2. The largest absolute Gasteiger partial charge is 0.374 e. The van der Waals surface area contributed by atoms with E-state index in [1.54, 1.807) is 0 Å². The lowest BCUT2D eigenvalue weighted by Crippen LogP contribution is -2.22. The summed E-state index contributed by atoms with van der Waals surface area (Å²) >= 11 is 6.90. The van der Waals surface area contributed by atoms with E-state index in [1.165, 1.54) is 0 Å². The number of para-hydroxylation sites is 1. The van der Waals surface area contributed by atoms with Crippen LogP contribution in [-0.4, -0.2) is 12.5 Å². The molecular weight excluding hydrogens is 384 g/mol. The first kappa shape index (κ1) is 15.1. The third-order valence-corrected chi connectivity index (χ3v) is 4.01. The molecule has 0 aromatic heterocycles. The Bertz CT molecular complexity index is 609. The number of hydrogen-bond acceptors (Lipinski definition) is 2. The molecule has 3 nitrogen and oxygen atoms in total. The van der Waals surface area contributed by atoms with Crippen molar-refractivity contribution in [3.05, 3.63) is 57.0 Å². The normalized spacial score (nSPS) is 10.2. The maximum Gasteiger partial charge on any atom is 0.243 e. The number of nitrogens with one attached hydrogen (secondary N) is 2. The lowest BCUT2D eigenvalue weighted by Gasteiger charge is -2.11. The second-order valence-corrected chi connectivity index (χ2v) is 6.08. The van der Waals surface area contributed by atoms with Crippen molar-refractivity contribution in [2.75, 3.05) is 17.2 Å². The summed E-state index contributed by atoms with van der Waals surface area (Å²) in [6.45, 7) is 2.20. The van der Waals surface area contributed by atoms with E-state index in [4.69, 9.17) is 0 Å². The van der Waals surface area contributed by atoms with Crippen LogP contribution in [0.1, 0.15) is 5.56 Å². The molecule has 0 unspecified atom stereocenters. The van der Waals surface area contributed by atoms with Crippen LogP contribution in [0.3, 0.4) is 0 Å². The molecule has 0 aliphatic heterocycles. The Morgan fingerprint density at radius 3 is 2.40 bits per heavy atom. The third kappa shape index (κ3) is 4.08. The molecule has 0 saturated carbocycles. The van der Waals surface area contributed by atoms with Crippen molar-refractivity contribution in [2.45, 2.75) is 6.92 Å². The minimum absolute atomic E-state index is 0.0850. The van der Waals surface area contributed by atoms with Gasteiger partial charge >= 0.3 is 0 Å². The Labute approximate surface area is 135 Å². The molecule has 0 radical (unpaired) electrons. The van der Waals surface area contributed by atoms with Crippen molar-refractivity contribution in [3.8, 4) is 0 Å². The van der Waals surface area contributed by atoms with Gasteiger partial charge in [0.25, 0.3) is 0 Å². The van der Waals surface area contributed by atoms with Crippen molar-refractivity contribution in [2.24, 2.45) is 0 Å². The Morgan fingerprint density at radius 2 is 1.75 bits per heavy atom. The lowest BCUT2D eigenvalue weighted by molar-refractivity contribution is -0.114. The number of benzene rings is 2. The fourth-order valence-electron chi connectivity index (χ4n) is 1.76. The van der Waals surface area contributed by atoms with Crippen molar-refractivity contribution in [3.63, 3.8) is 0 Å². The van der Waals surface area contributed by atoms with Crippen LogP contribution in [0.25, 0.3) is 0 Å². The molecule has 0 atom stereocenters. The van der Waals surface area contributed by atoms with Gasteiger partial charge in [-0.2, -0.15) is 0 Å². The Hall–Kier alpha value is -1.33. The van der Waals surface area contributed by atoms with Crippen LogP contribution in [0.4, 0.5) is 11.4 Å². The highest BCUT2D eigenvalue weighted by Gasteiger charge is 2.07. The van der Waals surface area contributed by atoms with E-state index in [1.807, 2.05) is 49.4 Å². The van der Waals surface area contributed by atoms with Gasteiger partial charge in [-0.25, -0.2) is 0 Å². The maximum absolute atomic E-state index is 11.9. The molecular formula is C15H14Br2N2O. The van der Waals surface area contributed by atoms with Gasteiger partial charge in [0.05, 0.1) is 12.2 Å². The summed E-state index contributed by atoms with van der Waals surface area (Å²) in [5, 5.41) is 5.97. The summed E-state index contributed by atoms with van der Waals surface area (Å²) in [5.41, 5.74) is 2.79. The topological polar surface area (TPSA) is 41.1 Å². The van der Waals surface area contributed by atoms with E-state index in [2.05, 4.69) is 42.5 Å². The average molecular weight is 398 g/mol. The number of rotatable bonds is 4. The fraction of sp³-hybridized carbons (Fsp3) is 0.133. The molecule has 0 bridgehead atoms. The van der Waals surface area contributed by atoms with E-state index in [9.17, 15) is 4.79 Å². The number of aryl methyl sites for hydroxylation is 1. The summed E-state index contributed by atoms with van der Waals surface area (Å²) in [6.07, 6.45) is 0. The molecule has 104 valence electrons. The van der Waals surface area contributed by atoms with Gasteiger partial charge in [-0.05, 0) is 68.6 Å². The second-order valence-electron chi connectivity index (χ2n) is 4.37. The van der Waals surface area contributed by atoms with Gasteiger partial charge in [-0.15, -0.1) is 0 Å². The molecule has 20 heavy (non-hydrogen) atoms. The van der Waals surface area contributed by atoms with Gasteiger partial charge in [0.2, 0.25) is 5.91 Å². The highest BCUT2D eigenvalue weighted by atomic mass is 79.9. The van der Waals surface area contributed by atoms with E-state index in [-0.39, 0.29) is 12.5 Å². The Kier molecular flexibility index (Phi) is 5.20. The highest BCUT2D eigenvalue weighted by Crippen LogP contribution is 2.30. The van der Waals surface area contributed by atoms with Crippen LogP contribution < -0.4 is 10.6 Å². The van der Waals surface area contributed by atoms with E-state index < -0.39 is 0 Å². The molecule has 2 rings (SSSR count). The van der Waals surface area contributed by atoms with Gasteiger partial charge in [0.15, 0.2) is 0 Å². The molecule has 0 spiro atoms. The van der Waals surface area contributed by atoms with Gasteiger partial charge < -0.3 is 10.6 Å². The van der Waals surface area contributed by atoms with E-state index in [0.717, 1.165) is 25.9 Å². The summed E-state index contributed by atoms with van der Waals surface area (Å²) in [6, 6.07) is 13.5. The molecule has 0 heterocycles. The summed E-state index contributed by atoms with van der Waals surface area (Å²) in [7, 11) is 0. The van der Waals surface area contributed by atoms with Crippen LogP contribution in [0.5, 0.6) is 0 Å². The number of amides is 1. The van der Waals surface area contributed by atoms with Crippen molar-refractivity contribution < 1.29 is 4.79 Å². The zero-order chi connectivity index (χ0) is 14.5. The molecule has 0 saturated heterocycles. The number of halogens is 2. The van der Waals surface area contributed by atoms with Crippen LogP contribution in [0, 0.1) is 6.92 Å². The molecule has 2 N–H and O–H groups in total. The number of carbonyl (C=O) groups excluding carboxylic acids is 1. The average Bonchev–Trinajstić information content (AvgIpc) is 2.38. The number of carbonyl (C=O) groups is 1. The third-order valence-electron chi connectivity index (χ3n) is 2.69. The zero-order valence-corrected chi connectivity index (χ0v) is 14.1. The monoisotopic (exact) mass is 396 g/mol. The van der Waals surface area contributed by atoms with Crippen LogP contribution in [0.15, 0.2) is 51.4 Å². The summed E-state index contributed by atoms with van der Waals surface area (Å²) < 4.78 is 1.82. The number of anilines is 2.